The normalized spacial score (nSPS) is 22.9. The molecule has 2 heterocycles. The van der Waals surface area contributed by atoms with Gasteiger partial charge in [-0.2, -0.15) is 0 Å². The van der Waals surface area contributed by atoms with Crippen LogP contribution in [0.4, 0.5) is 11.6 Å². The number of carbonyl (C=O) groups is 5. The zero-order valence-electron chi connectivity index (χ0n) is 50.8. The van der Waals surface area contributed by atoms with E-state index in [2.05, 4.69) is 108 Å². The van der Waals surface area contributed by atoms with E-state index in [0.29, 0.717) is 34.1 Å². The lowest BCUT2D eigenvalue weighted by Crippen LogP contribution is -2.50. The van der Waals surface area contributed by atoms with Gasteiger partial charge in [0.05, 0.1) is 0 Å². The van der Waals surface area contributed by atoms with E-state index in [1.807, 2.05) is 72.8 Å². The van der Waals surface area contributed by atoms with Crippen molar-refractivity contribution >= 4 is 74.4 Å². The number of anilines is 1. The summed E-state index contributed by atoms with van der Waals surface area (Å²) in [6.07, 6.45) is 2.33. The zero-order valence-corrected chi connectivity index (χ0v) is 52.2. The first-order chi connectivity index (χ1) is 38.5. The molecule has 2 N–H and O–H groups in total. The number of aliphatic imine (C=N–C) groups is 2. The number of amidine groups is 2. The molecule has 82 heavy (non-hydrogen) atoms. The summed E-state index contributed by atoms with van der Waals surface area (Å²) in [4.78, 5) is 84.8. The van der Waals surface area contributed by atoms with E-state index in [1.54, 1.807) is 52.1 Å². The number of benzene rings is 4. The summed E-state index contributed by atoms with van der Waals surface area (Å²) in [5.74, 6) is -2.32. The highest BCUT2D eigenvalue weighted by Crippen LogP contribution is 2.53. The summed E-state index contributed by atoms with van der Waals surface area (Å²) in [5.41, 5.74) is 1.25. The third-order valence-corrected chi connectivity index (χ3v) is 18.4. The second kappa shape index (κ2) is 24.5. The number of amides is 2. The molecule has 3 aliphatic rings. The van der Waals surface area contributed by atoms with Gasteiger partial charge in [0.25, 0.3) is 17.8 Å². The molecule has 2 aliphatic carbocycles. The Bertz CT molecular complexity index is 3200. The summed E-state index contributed by atoms with van der Waals surface area (Å²) in [6.45, 7) is 32.1. The Morgan fingerprint density at radius 3 is 1.35 bits per heavy atom. The number of nitrogens with one attached hydrogen (secondary N) is 2. The van der Waals surface area contributed by atoms with Crippen LogP contribution in [0.1, 0.15) is 166 Å². The highest BCUT2D eigenvalue weighted by molar-refractivity contribution is 6.46. The maximum atomic E-state index is 16.1. The van der Waals surface area contributed by atoms with Gasteiger partial charge in [0, 0.05) is 52.9 Å². The van der Waals surface area contributed by atoms with Crippen LogP contribution in [0, 0.1) is 57.2 Å². The summed E-state index contributed by atoms with van der Waals surface area (Å²) in [6, 6.07) is 35.8. The third kappa shape index (κ3) is 13.8. The fraction of sp³-hybridized carbons (Fsp3) is 0.456. The minimum absolute atomic E-state index is 0.00465. The molecule has 8 rings (SSSR count). The Kier molecular flexibility index (Phi) is 18.3. The van der Waals surface area contributed by atoms with Gasteiger partial charge in [-0.05, 0) is 94.6 Å². The van der Waals surface area contributed by atoms with Crippen LogP contribution in [0.2, 0.25) is 0 Å². The topological polar surface area (TPSA) is 167 Å². The van der Waals surface area contributed by atoms with E-state index in [1.165, 1.54) is 6.92 Å². The number of hydrogen-bond donors (Lipinski definition) is 2. The fourth-order valence-corrected chi connectivity index (χ4v) is 13.7. The van der Waals surface area contributed by atoms with Crippen LogP contribution in [0.3, 0.4) is 0 Å². The molecule has 0 saturated heterocycles. The van der Waals surface area contributed by atoms with E-state index in [9.17, 15) is 14.4 Å². The molecule has 1 aromatic heterocycles. The van der Waals surface area contributed by atoms with Gasteiger partial charge in [-0.3, -0.25) is 14.4 Å². The number of carbonyl (C=O) groups excluding carboxylic acids is 5. The Hall–Kier alpha value is -6.88. The van der Waals surface area contributed by atoms with Crippen molar-refractivity contribution in [2.75, 3.05) is 5.32 Å². The quantitative estimate of drug-likeness (QED) is 0.0707. The van der Waals surface area contributed by atoms with Gasteiger partial charge in [0.1, 0.15) is 35.0 Å². The molecule has 4 atom stereocenters. The predicted molar refractivity (Wildman–Crippen MR) is 328 cm³/mol. The van der Waals surface area contributed by atoms with Gasteiger partial charge in [0.15, 0.2) is 11.7 Å². The number of aromatic nitrogens is 1. The first-order valence-corrected chi connectivity index (χ1v) is 30.3. The lowest BCUT2D eigenvalue weighted by Gasteiger charge is -2.50. The van der Waals surface area contributed by atoms with Crippen molar-refractivity contribution in [3.63, 3.8) is 0 Å². The number of nitrogens with zero attached hydrogens (tertiary/aromatic N) is 3. The van der Waals surface area contributed by atoms with Gasteiger partial charge < -0.3 is 27.4 Å². The van der Waals surface area contributed by atoms with Crippen molar-refractivity contribution in [1.29, 1.82) is 0 Å². The Morgan fingerprint density at radius 2 is 0.939 bits per heavy atom. The number of hydrogen-bond acceptors (Lipinski definition) is 9. The van der Waals surface area contributed by atoms with Crippen LogP contribution in [0.15, 0.2) is 137 Å². The van der Waals surface area contributed by atoms with Gasteiger partial charge in [0.2, 0.25) is 0 Å². The molecule has 0 bridgehead atoms. The van der Waals surface area contributed by atoms with Crippen molar-refractivity contribution in [3.05, 3.63) is 149 Å². The van der Waals surface area contributed by atoms with Crippen LogP contribution in [0.5, 0.6) is 0 Å². The molecule has 1 aliphatic heterocycles. The average molecular weight is 1130 g/mol. The van der Waals surface area contributed by atoms with Crippen molar-refractivity contribution in [1.82, 2.24) is 8.87 Å². The van der Waals surface area contributed by atoms with E-state index >= 15 is 9.59 Å². The van der Waals surface area contributed by atoms with Gasteiger partial charge >= 0.3 is 27.7 Å². The standard InChI is InChI=1S/C66H81N5O6.C2H4O2.Al.H/c1-39-35-45(63(3,4)5)53(46(36-39)64(6,7)8)76-61(74)51-49(41-27-19-15-20-28-41)55(68-57(51)70-59(72)43-31-23-17-24-32-43)67-56-50(42-29-21-16-22-30-42)52(58(69-56)71-60(73)44-33-25-18-26-34-44)62(75)77-54-47(65(9,10)11)37-40(2)38-48(54)66(12,13)14;1-2(3)4;;/h15-34,39-40,45-48,53-54H,35-38H2,1-14H3,(H3,67,68,69,70,71,72,73,74,75);1H3,(H,3,4);;/q;;+2;/p-2. The van der Waals surface area contributed by atoms with Crippen LogP contribution in [-0.4, -0.2) is 72.9 Å². The van der Waals surface area contributed by atoms with E-state index in [-0.39, 0.29) is 90.9 Å². The van der Waals surface area contributed by atoms with E-state index in [4.69, 9.17) is 23.2 Å². The van der Waals surface area contributed by atoms with Gasteiger partial charge in [-0.1, -0.05) is 194 Å². The molecular formula is C68H84AlN5O8. The lowest BCUT2D eigenvalue weighted by atomic mass is 9.59. The second-order valence-electron chi connectivity index (χ2n) is 27.4. The summed E-state index contributed by atoms with van der Waals surface area (Å²) < 4.78 is 21.7. The van der Waals surface area contributed by atoms with E-state index in [0.717, 1.165) is 25.7 Å². The first-order valence-electron chi connectivity index (χ1n) is 29.1. The van der Waals surface area contributed by atoms with Gasteiger partial charge in [-0.15, -0.1) is 0 Å². The second-order valence-corrected chi connectivity index (χ2v) is 28.6. The molecule has 2 saturated carbocycles. The van der Waals surface area contributed by atoms with Crippen LogP contribution in [0.25, 0.3) is 16.7 Å². The lowest BCUT2D eigenvalue weighted by molar-refractivity contribution is -0.164. The fourth-order valence-electron chi connectivity index (χ4n) is 12.6. The highest BCUT2D eigenvalue weighted by Gasteiger charge is 2.51. The molecule has 0 spiro atoms. The number of ether oxygens (including phenoxy) is 2. The van der Waals surface area contributed by atoms with Crippen LogP contribution in [-0.2, 0) is 22.9 Å². The minimum Gasteiger partial charge on any atom is -0.602 e. The molecule has 2 amide bonds. The minimum atomic E-state index is -2.34. The molecule has 2 fully saturated rings. The van der Waals surface area contributed by atoms with Gasteiger partial charge in [-0.25, -0.2) is 19.6 Å². The number of rotatable bonds is 12. The molecule has 5 aromatic rings. The van der Waals surface area contributed by atoms with E-state index < -0.39 is 57.7 Å². The zero-order chi connectivity index (χ0) is 59.6. The Labute approximate surface area is 492 Å². The van der Waals surface area contributed by atoms with Crippen molar-refractivity contribution < 1.29 is 37.2 Å². The average Bonchev–Trinajstić information content (AvgIpc) is 2.83. The highest BCUT2D eigenvalue weighted by atomic mass is 27.1. The van der Waals surface area contributed by atoms with Crippen LogP contribution >= 0.6 is 0 Å². The molecule has 4 aromatic carbocycles. The van der Waals surface area contributed by atoms with Crippen LogP contribution < -0.4 is 10.6 Å². The number of esters is 2. The molecule has 0 radical (unpaired) electrons. The summed E-state index contributed by atoms with van der Waals surface area (Å²) in [7, 11) is 0. The maximum Gasteiger partial charge on any atom is 0.697 e. The molecule has 4 unspecified atom stereocenters. The largest absolute Gasteiger partial charge is 0.697 e. The summed E-state index contributed by atoms with van der Waals surface area (Å²) >= 11 is -2.34. The monoisotopic (exact) mass is 1130 g/mol. The first kappa shape index (κ1) is 61.2. The molecule has 13 nitrogen and oxygen atoms in total. The smallest absolute Gasteiger partial charge is 0.602 e. The molecule has 14 heteroatoms. The van der Waals surface area contributed by atoms with Crippen molar-refractivity contribution in [2.24, 2.45) is 67.2 Å². The third-order valence-electron chi connectivity index (χ3n) is 17.0. The van der Waals surface area contributed by atoms with Crippen molar-refractivity contribution in [2.45, 2.75) is 142 Å². The predicted octanol–water partition coefficient (Wildman–Crippen LogP) is 14.4. The Morgan fingerprint density at radius 1 is 0.549 bits per heavy atom. The summed E-state index contributed by atoms with van der Waals surface area (Å²) in [5, 5.41) is 6.11. The molecular weight excluding hydrogens is 1040 g/mol. The van der Waals surface area contributed by atoms with Crippen molar-refractivity contribution in [3.8, 4) is 11.1 Å². The Balaban J connectivity index is 1.45. The SMILES string of the molecule is CC(=O)[O][AlH][n]1c(N=C2N=C(NC(=O)c3ccccc3)C(C(=O)OC3C(C(C)(C)C)CC(C)CC3C(C)(C)C)=C2c2ccccc2)c(-c2ccccc2)c(C(=O)OC2C(C(C)(C)C)CC(C)CC2C(C)(C)C)c1NC(=O)c1ccccc1. The molecule has 432 valence electrons. The maximum absolute atomic E-state index is 16.1.